The normalized spacial score (nSPS) is 11.6. The number of aryl methyl sites for hydroxylation is 6. The van der Waals surface area contributed by atoms with E-state index in [1.807, 2.05) is 119 Å². The third-order valence-electron chi connectivity index (χ3n) is 11.6. The number of hydrogen-bond donors (Lipinski definition) is 6. The number of esters is 1. The van der Waals surface area contributed by atoms with Gasteiger partial charge in [0.1, 0.15) is 29.0 Å². The molecule has 0 atom stereocenters. The van der Waals surface area contributed by atoms with Crippen LogP contribution in [0.3, 0.4) is 0 Å². The van der Waals surface area contributed by atoms with Crippen molar-refractivity contribution in [2.75, 3.05) is 39.3 Å². The summed E-state index contributed by atoms with van der Waals surface area (Å²) in [6.07, 6.45) is 5.50. The van der Waals surface area contributed by atoms with Crippen LogP contribution in [0.5, 0.6) is 0 Å². The van der Waals surface area contributed by atoms with E-state index in [4.69, 9.17) is 23.7 Å². The lowest BCUT2D eigenvalue weighted by atomic mass is 9.98. The first-order valence-electron chi connectivity index (χ1n) is 28.5. The van der Waals surface area contributed by atoms with E-state index in [-0.39, 0.29) is 18.4 Å². The number of carbonyl (C=O) groups excluding carboxylic acids is 7. The minimum atomic E-state index is -0.610. The quantitative estimate of drug-likeness (QED) is 0.0165. The predicted octanol–water partition coefficient (Wildman–Crippen LogP) is 10.9. The molecule has 3 aromatic rings. The second-order valence-corrected chi connectivity index (χ2v) is 24.4. The molecule has 0 radical (unpaired) electrons. The molecule has 18 nitrogen and oxygen atoms in total. The van der Waals surface area contributed by atoms with Crippen LogP contribution in [0, 0.1) is 0 Å². The number of alkyl carbamates (subject to hydrolysis) is 4. The Hall–Kier alpha value is -7.11. The van der Waals surface area contributed by atoms with Gasteiger partial charge in [-0.05, 0) is 230 Å². The van der Waals surface area contributed by atoms with E-state index in [2.05, 4.69) is 56.7 Å². The monoisotopic (exact) mass is 1130 g/mol. The highest BCUT2D eigenvalue weighted by atomic mass is 16.6. The van der Waals surface area contributed by atoms with Gasteiger partial charge in [0.2, 0.25) is 0 Å². The van der Waals surface area contributed by atoms with E-state index in [0.717, 1.165) is 38.9 Å². The molecule has 0 aromatic heterocycles. The van der Waals surface area contributed by atoms with Gasteiger partial charge in [0.25, 0.3) is 11.8 Å². The number of ether oxygens (including phenoxy) is 5. The zero-order chi connectivity index (χ0) is 60.4. The fourth-order valence-corrected chi connectivity index (χ4v) is 8.23. The molecule has 18 heteroatoms. The summed E-state index contributed by atoms with van der Waals surface area (Å²) < 4.78 is 27.0. The van der Waals surface area contributed by atoms with Gasteiger partial charge < -0.3 is 55.6 Å². The molecule has 0 aliphatic rings. The molecule has 6 N–H and O–H groups in total. The lowest BCUT2D eigenvalue weighted by molar-refractivity contribution is -0.140. The second kappa shape index (κ2) is 33.0. The van der Waals surface area contributed by atoms with Crippen molar-refractivity contribution in [3.05, 3.63) is 117 Å². The standard InChI is InChI=1S/C63H94N6O12/c1-43(2)55(72)77-42-50-36-44(21-15-27-64-53(70)51-38-46(23-17-29-66-56(73)78-60(3,4)5)34-47(39-51)24-18-30-67-57(74)79-61(6,7)8)33-45(37-50)22-16-28-65-54(71)52-40-48(25-19-31-68-58(75)80-62(9,10)11)35-49(41-52)26-20-32-69-59(76)81-63(12,13)14/h33-41H,1,15-32,42H2,2-14H3,(H,64,70)(H,65,71)(H,66,73)(H,67,74)(H,68,75)(H,69,76). The van der Waals surface area contributed by atoms with Gasteiger partial charge in [-0.15, -0.1) is 0 Å². The van der Waals surface area contributed by atoms with Crippen molar-refractivity contribution in [1.29, 1.82) is 0 Å². The lowest BCUT2D eigenvalue weighted by Gasteiger charge is -2.19. The van der Waals surface area contributed by atoms with Crippen molar-refractivity contribution in [2.24, 2.45) is 0 Å². The Labute approximate surface area is 481 Å². The fourth-order valence-electron chi connectivity index (χ4n) is 8.23. The predicted molar refractivity (Wildman–Crippen MR) is 315 cm³/mol. The molecule has 0 bridgehead atoms. The number of amides is 6. The molecule has 3 rings (SSSR count). The minimum Gasteiger partial charge on any atom is -0.457 e. The molecule has 0 spiro atoms. The number of nitrogens with one attached hydrogen (secondary N) is 6. The van der Waals surface area contributed by atoms with Gasteiger partial charge in [-0.2, -0.15) is 0 Å². The molecule has 6 amide bonds. The Morgan fingerprint density at radius 3 is 0.815 bits per heavy atom. The van der Waals surface area contributed by atoms with E-state index in [0.29, 0.717) is 133 Å². The maximum atomic E-state index is 13.7. The van der Waals surface area contributed by atoms with Crippen LogP contribution in [-0.4, -0.2) is 104 Å². The highest BCUT2D eigenvalue weighted by Gasteiger charge is 2.20. The van der Waals surface area contributed by atoms with Gasteiger partial charge in [0, 0.05) is 56.0 Å². The molecule has 0 unspecified atom stereocenters. The first-order chi connectivity index (χ1) is 37.8. The molecule has 3 aromatic carbocycles. The van der Waals surface area contributed by atoms with Crippen LogP contribution in [0.15, 0.2) is 66.7 Å². The molecule has 0 aliphatic carbocycles. The SMILES string of the molecule is C=C(C)C(=O)OCc1cc(CCCNC(=O)c2cc(CCCNC(=O)OC(C)(C)C)cc(CCCNC(=O)OC(C)(C)C)c2)cc(CCCNC(=O)c2cc(CCCNC(=O)OC(C)(C)C)cc(CCCNC(=O)OC(C)(C)C)c2)c1. The summed E-state index contributed by atoms with van der Waals surface area (Å²) in [6, 6.07) is 17.7. The van der Waals surface area contributed by atoms with E-state index in [9.17, 15) is 33.6 Å². The van der Waals surface area contributed by atoms with Gasteiger partial charge in [-0.25, -0.2) is 24.0 Å². The third kappa shape index (κ3) is 31.5. The van der Waals surface area contributed by atoms with Crippen LogP contribution in [0.2, 0.25) is 0 Å². The Balaban J connectivity index is 1.69. The summed E-state index contributed by atoms with van der Waals surface area (Å²) in [6.45, 7) is 29.4. The van der Waals surface area contributed by atoms with Crippen LogP contribution >= 0.6 is 0 Å². The van der Waals surface area contributed by atoms with Gasteiger partial charge in [-0.3, -0.25) is 9.59 Å². The van der Waals surface area contributed by atoms with E-state index < -0.39 is 52.7 Å². The Morgan fingerprint density at radius 2 is 0.580 bits per heavy atom. The van der Waals surface area contributed by atoms with Gasteiger partial charge in [-0.1, -0.05) is 36.9 Å². The van der Waals surface area contributed by atoms with Crippen LogP contribution in [0.25, 0.3) is 0 Å². The Kier molecular flexibility index (Phi) is 27.7. The summed E-state index contributed by atoms with van der Waals surface area (Å²) in [5.74, 6) is -0.928. The van der Waals surface area contributed by atoms with E-state index >= 15 is 0 Å². The van der Waals surface area contributed by atoms with Gasteiger partial charge in [0.05, 0.1) is 0 Å². The topological polar surface area (TPSA) is 238 Å². The number of benzene rings is 3. The van der Waals surface area contributed by atoms with Crippen molar-refractivity contribution in [1.82, 2.24) is 31.9 Å². The molecule has 0 saturated heterocycles. The van der Waals surface area contributed by atoms with Crippen LogP contribution < -0.4 is 31.9 Å². The molecule has 0 heterocycles. The fraction of sp³-hybridized carbons (Fsp3) is 0.571. The van der Waals surface area contributed by atoms with Crippen molar-refractivity contribution in [2.45, 2.75) is 196 Å². The molecular formula is C63H94N6O12. The van der Waals surface area contributed by atoms with Crippen molar-refractivity contribution in [3.63, 3.8) is 0 Å². The number of hydrogen-bond acceptors (Lipinski definition) is 12. The molecule has 0 saturated carbocycles. The molecule has 0 aliphatic heterocycles. The van der Waals surface area contributed by atoms with Gasteiger partial charge >= 0.3 is 30.3 Å². The first kappa shape index (κ1) is 68.2. The average molecular weight is 1130 g/mol. The van der Waals surface area contributed by atoms with Crippen LogP contribution in [-0.2, 0) is 73.6 Å². The highest BCUT2D eigenvalue weighted by molar-refractivity contribution is 5.95. The zero-order valence-electron chi connectivity index (χ0n) is 50.7. The number of rotatable bonds is 29. The zero-order valence-corrected chi connectivity index (χ0v) is 50.7. The lowest BCUT2D eigenvalue weighted by Crippen LogP contribution is -2.33. The molecular weight excluding hydrogens is 1030 g/mol. The number of carbonyl (C=O) groups is 7. The van der Waals surface area contributed by atoms with Crippen molar-refractivity contribution >= 4 is 42.2 Å². The molecule has 448 valence electrons. The molecule has 0 fully saturated rings. The van der Waals surface area contributed by atoms with Crippen LogP contribution in [0.1, 0.15) is 188 Å². The summed E-state index contributed by atoms with van der Waals surface area (Å²) in [5, 5.41) is 17.4. The van der Waals surface area contributed by atoms with Crippen LogP contribution in [0.4, 0.5) is 19.2 Å². The minimum absolute atomic E-state index is 0.0552. The smallest absolute Gasteiger partial charge is 0.407 e. The summed E-state index contributed by atoms with van der Waals surface area (Å²) in [7, 11) is 0. The van der Waals surface area contributed by atoms with E-state index in [1.54, 1.807) is 6.92 Å². The largest absolute Gasteiger partial charge is 0.457 e. The highest BCUT2D eigenvalue weighted by Crippen LogP contribution is 2.20. The second-order valence-electron chi connectivity index (χ2n) is 24.4. The first-order valence-corrected chi connectivity index (χ1v) is 28.5. The van der Waals surface area contributed by atoms with Gasteiger partial charge in [0.15, 0.2) is 0 Å². The maximum absolute atomic E-state index is 13.7. The molecule has 81 heavy (non-hydrogen) atoms. The maximum Gasteiger partial charge on any atom is 0.407 e. The Bertz CT molecular complexity index is 2320. The Morgan fingerprint density at radius 1 is 0.358 bits per heavy atom. The van der Waals surface area contributed by atoms with Crippen molar-refractivity contribution in [3.8, 4) is 0 Å². The summed E-state index contributed by atoms with van der Waals surface area (Å²) >= 11 is 0. The van der Waals surface area contributed by atoms with Crippen molar-refractivity contribution < 1.29 is 57.2 Å². The van der Waals surface area contributed by atoms with E-state index in [1.165, 1.54) is 0 Å². The average Bonchev–Trinajstić information content (AvgIpc) is 3.34. The summed E-state index contributed by atoms with van der Waals surface area (Å²) in [5.41, 5.74) is 5.48. The summed E-state index contributed by atoms with van der Waals surface area (Å²) in [4.78, 5) is 88.8. The third-order valence-corrected chi connectivity index (χ3v) is 11.6.